The Morgan fingerprint density at radius 2 is 1.33 bits per heavy atom. The Hall–Kier alpha value is -0.123. The maximum Gasteiger partial charge on any atom is 0.361 e. The van der Waals surface area contributed by atoms with Gasteiger partial charge in [0.15, 0.2) is 0 Å². The lowest BCUT2D eigenvalue weighted by molar-refractivity contribution is 0.143. The molecule has 2 atom stereocenters. The molecule has 0 aliphatic carbocycles. The van der Waals surface area contributed by atoms with Crippen molar-refractivity contribution in [2.45, 2.75) is 118 Å². The van der Waals surface area contributed by atoms with Gasteiger partial charge in [0.05, 0.1) is 0 Å². The van der Waals surface area contributed by atoms with Crippen molar-refractivity contribution in [3.63, 3.8) is 0 Å². The molecule has 0 aromatic carbocycles. The molecule has 27 heavy (non-hydrogen) atoms. The van der Waals surface area contributed by atoms with Crippen molar-refractivity contribution in [3.8, 4) is 0 Å². The van der Waals surface area contributed by atoms with Crippen LogP contribution in [0.5, 0.6) is 0 Å². The minimum atomic E-state index is -2.19. The lowest BCUT2D eigenvalue weighted by atomic mass is 9.86. The van der Waals surface area contributed by atoms with Crippen molar-refractivity contribution >= 4 is 8.56 Å². The SMILES string of the molecule is C=C[Si](C)(OCCCCCCCCCCCCC)OCC(C)CC(C)(C)C. The average molecular weight is 399 g/mol. The van der Waals surface area contributed by atoms with Crippen molar-refractivity contribution in [2.24, 2.45) is 11.3 Å². The molecule has 2 unspecified atom stereocenters. The van der Waals surface area contributed by atoms with Gasteiger partial charge in [-0.1, -0.05) is 98.8 Å². The molecule has 0 aliphatic rings. The van der Waals surface area contributed by atoms with Crippen molar-refractivity contribution in [3.05, 3.63) is 12.3 Å². The molecule has 0 radical (unpaired) electrons. The second kappa shape index (κ2) is 15.8. The maximum absolute atomic E-state index is 6.18. The summed E-state index contributed by atoms with van der Waals surface area (Å²) in [5, 5.41) is 0. The van der Waals surface area contributed by atoms with E-state index in [9.17, 15) is 0 Å². The van der Waals surface area contributed by atoms with Crippen LogP contribution in [0.1, 0.15) is 112 Å². The maximum atomic E-state index is 6.18. The third-order valence-corrected chi connectivity index (χ3v) is 7.38. The van der Waals surface area contributed by atoms with Gasteiger partial charge in [-0.05, 0) is 36.4 Å². The van der Waals surface area contributed by atoms with Crippen LogP contribution in [-0.2, 0) is 8.85 Å². The molecule has 0 saturated heterocycles. The number of rotatable bonds is 18. The number of hydrogen-bond donors (Lipinski definition) is 0. The van der Waals surface area contributed by atoms with E-state index in [1.807, 2.05) is 5.70 Å². The van der Waals surface area contributed by atoms with Crippen molar-refractivity contribution < 1.29 is 8.85 Å². The Morgan fingerprint density at radius 3 is 1.78 bits per heavy atom. The second-order valence-corrected chi connectivity index (χ2v) is 12.8. The molecule has 0 aromatic rings. The first-order chi connectivity index (χ1) is 12.7. The van der Waals surface area contributed by atoms with Gasteiger partial charge in [-0.15, -0.1) is 6.58 Å². The van der Waals surface area contributed by atoms with E-state index >= 15 is 0 Å². The van der Waals surface area contributed by atoms with E-state index < -0.39 is 8.56 Å². The van der Waals surface area contributed by atoms with Crippen LogP contribution in [0.4, 0.5) is 0 Å². The Balaban J connectivity index is 3.68. The molecule has 0 rings (SSSR count). The molecular formula is C24H50O2Si. The zero-order valence-electron chi connectivity index (χ0n) is 19.6. The summed E-state index contributed by atoms with van der Waals surface area (Å²) in [4.78, 5) is 0. The van der Waals surface area contributed by atoms with E-state index in [1.165, 1.54) is 70.6 Å². The van der Waals surface area contributed by atoms with Crippen LogP contribution in [0.2, 0.25) is 6.55 Å². The van der Waals surface area contributed by atoms with Crippen LogP contribution in [0, 0.1) is 11.3 Å². The van der Waals surface area contributed by atoms with Crippen LogP contribution in [0.25, 0.3) is 0 Å². The third kappa shape index (κ3) is 17.7. The normalized spacial score (nSPS) is 15.5. The standard InChI is InChI=1S/C24H50O2Si/c1-8-10-11-12-13-14-15-16-17-18-19-20-25-27(7,9-2)26-22-23(3)21-24(4,5)6/h9,23H,2,8,10-22H2,1,3-7H3. The summed E-state index contributed by atoms with van der Waals surface area (Å²) in [5.74, 6) is 0.558. The summed E-state index contributed by atoms with van der Waals surface area (Å²) < 4.78 is 12.3. The molecule has 3 heteroatoms. The highest BCUT2D eigenvalue weighted by Gasteiger charge is 2.28. The van der Waals surface area contributed by atoms with Crippen LogP contribution in [-0.4, -0.2) is 21.8 Å². The molecule has 0 spiro atoms. The molecule has 0 aromatic heterocycles. The summed E-state index contributed by atoms with van der Waals surface area (Å²) >= 11 is 0. The molecule has 162 valence electrons. The Bertz CT molecular complexity index is 351. The van der Waals surface area contributed by atoms with Gasteiger partial charge in [-0.3, -0.25) is 0 Å². The fourth-order valence-corrected chi connectivity index (χ4v) is 5.10. The van der Waals surface area contributed by atoms with Gasteiger partial charge < -0.3 is 8.85 Å². The molecule has 0 N–H and O–H groups in total. The third-order valence-electron chi connectivity index (χ3n) is 5.12. The molecule has 0 bridgehead atoms. The Morgan fingerprint density at radius 1 is 0.852 bits per heavy atom. The van der Waals surface area contributed by atoms with Gasteiger partial charge in [0.1, 0.15) is 0 Å². The second-order valence-electron chi connectivity index (χ2n) is 9.79. The summed E-state index contributed by atoms with van der Waals surface area (Å²) in [5.41, 5.74) is 2.29. The van der Waals surface area contributed by atoms with Gasteiger partial charge in [-0.25, -0.2) is 0 Å². The topological polar surface area (TPSA) is 18.5 Å². The van der Waals surface area contributed by atoms with Crippen molar-refractivity contribution in [2.75, 3.05) is 13.2 Å². The molecule has 0 amide bonds. The lowest BCUT2D eigenvalue weighted by Gasteiger charge is -2.28. The van der Waals surface area contributed by atoms with Gasteiger partial charge in [-0.2, -0.15) is 0 Å². The van der Waals surface area contributed by atoms with Gasteiger partial charge in [0, 0.05) is 13.2 Å². The highest BCUT2D eigenvalue weighted by molar-refractivity contribution is 6.71. The van der Waals surface area contributed by atoms with E-state index in [0.717, 1.165) is 19.6 Å². The zero-order valence-corrected chi connectivity index (χ0v) is 20.6. The minimum Gasteiger partial charge on any atom is -0.391 e. The van der Waals surface area contributed by atoms with E-state index in [2.05, 4.69) is 47.7 Å². The largest absolute Gasteiger partial charge is 0.391 e. The Labute approximate surface area is 172 Å². The van der Waals surface area contributed by atoms with E-state index in [1.54, 1.807) is 0 Å². The molecule has 0 heterocycles. The van der Waals surface area contributed by atoms with Crippen LogP contribution < -0.4 is 0 Å². The van der Waals surface area contributed by atoms with E-state index in [0.29, 0.717) is 11.3 Å². The van der Waals surface area contributed by atoms with E-state index in [-0.39, 0.29) is 0 Å². The van der Waals surface area contributed by atoms with Crippen LogP contribution in [0.3, 0.4) is 0 Å². The summed E-state index contributed by atoms with van der Waals surface area (Å²) in [7, 11) is -2.19. The fraction of sp³-hybridized carbons (Fsp3) is 0.917. The first-order valence-electron chi connectivity index (χ1n) is 11.6. The van der Waals surface area contributed by atoms with Gasteiger partial charge in [0.2, 0.25) is 0 Å². The quantitative estimate of drug-likeness (QED) is 0.171. The fourth-order valence-electron chi connectivity index (χ4n) is 3.61. The monoisotopic (exact) mass is 398 g/mol. The molecule has 0 aliphatic heterocycles. The predicted octanol–water partition coefficient (Wildman–Crippen LogP) is 8.20. The number of hydrogen-bond acceptors (Lipinski definition) is 2. The van der Waals surface area contributed by atoms with Crippen LogP contribution in [0.15, 0.2) is 12.3 Å². The first kappa shape index (κ1) is 26.9. The molecule has 0 saturated carbocycles. The Kier molecular flexibility index (Phi) is 15.7. The predicted molar refractivity (Wildman–Crippen MR) is 123 cm³/mol. The van der Waals surface area contributed by atoms with Gasteiger partial charge >= 0.3 is 8.56 Å². The average Bonchev–Trinajstić information content (AvgIpc) is 2.59. The van der Waals surface area contributed by atoms with E-state index in [4.69, 9.17) is 8.85 Å². The van der Waals surface area contributed by atoms with Crippen molar-refractivity contribution in [1.29, 1.82) is 0 Å². The zero-order chi connectivity index (χ0) is 20.6. The first-order valence-corrected chi connectivity index (χ1v) is 14.0. The molecule has 0 fully saturated rings. The number of unbranched alkanes of at least 4 members (excludes halogenated alkanes) is 10. The highest BCUT2D eigenvalue weighted by atomic mass is 28.4. The summed E-state index contributed by atoms with van der Waals surface area (Å²) in [6.45, 7) is 19.1. The van der Waals surface area contributed by atoms with Gasteiger partial charge in [0.25, 0.3) is 0 Å². The smallest absolute Gasteiger partial charge is 0.361 e. The molecular weight excluding hydrogens is 348 g/mol. The molecule has 2 nitrogen and oxygen atoms in total. The highest BCUT2D eigenvalue weighted by Crippen LogP contribution is 2.25. The lowest BCUT2D eigenvalue weighted by Crippen LogP contribution is -2.38. The summed E-state index contributed by atoms with van der Waals surface area (Å²) in [6, 6.07) is 0. The van der Waals surface area contributed by atoms with Crippen LogP contribution >= 0.6 is 0 Å². The van der Waals surface area contributed by atoms with Crippen molar-refractivity contribution in [1.82, 2.24) is 0 Å². The minimum absolute atomic E-state index is 0.352. The summed E-state index contributed by atoms with van der Waals surface area (Å²) in [6.07, 6.45) is 16.2.